The van der Waals surface area contributed by atoms with E-state index in [1.807, 2.05) is 6.07 Å². The first-order valence-corrected chi connectivity index (χ1v) is 6.01. The maximum absolute atomic E-state index is 7.57. The molecular weight excluding hydrogens is 302 g/mol. The zero-order chi connectivity index (χ0) is 12.4. The van der Waals surface area contributed by atoms with Gasteiger partial charge in [-0.25, -0.2) is 0 Å². The first kappa shape index (κ1) is 12.1. The van der Waals surface area contributed by atoms with Gasteiger partial charge in [0.2, 0.25) is 0 Å². The molecule has 0 aliphatic carbocycles. The molecule has 0 aliphatic rings. The highest BCUT2D eigenvalue weighted by atomic mass is 79.9. The number of nitrogens with zero attached hydrogens (tertiary/aromatic N) is 1. The fourth-order valence-electron chi connectivity index (χ4n) is 1.49. The molecule has 2 aromatic rings. The molecule has 5 heteroatoms. The molecule has 0 bridgehead atoms. The molecule has 2 rings (SSSR count). The Kier molecular flexibility index (Phi) is 3.45. The molecular formula is C12H9BrClN3. The summed E-state index contributed by atoms with van der Waals surface area (Å²) in [4.78, 5) is 4.22. The van der Waals surface area contributed by atoms with Gasteiger partial charge < -0.3 is 5.73 Å². The van der Waals surface area contributed by atoms with Crippen LogP contribution in [0.4, 0.5) is 5.69 Å². The quantitative estimate of drug-likeness (QED) is 0.656. The number of benzene rings is 1. The van der Waals surface area contributed by atoms with Crippen LogP contribution in [0.25, 0.3) is 11.3 Å². The molecule has 0 saturated carbocycles. The number of nitrogen functional groups attached to an aromatic ring is 1. The van der Waals surface area contributed by atoms with Crippen LogP contribution in [0.15, 0.2) is 36.5 Å². The van der Waals surface area contributed by atoms with E-state index in [4.69, 9.17) is 22.7 Å². The highest BCUT2D eigenvalue weighted by Crippen LogP contribution is 2.28. The third kappa shape index (κ3) is 2.48. The lowest BCUT2D eigenvalue weighted by Gasteiger charge is -2.07. The van der Waals surface area contributed by atoms with E-state index in [0.29, 0.717) is 22.0 Å². The topological polar surface area (TPSA) is 62.8 Å². The summed E-state index contributed by atoms with van der Waals surface area (Å²) in [5.41, 5.74) is 8.48. The van der Waals surface area contributed by atoms with Crippen molar-refractivity contribution in [3.63, 3.8) is 0 Å². The molecule has 3 nitrogen and oxygen atoms in total. The Hall–Kier alpha value is -1.39. The first-order valence-electron chi connectivity index (χ1n) is 4.84. The van der Waals surface area contributed by atoms with E-state index in [-0.39, 0.29) is 4.62 Å². The molecule has 86 valence electrons. The third-order valence-corrected chi connectivity index (χ3v) is 3.05. The number of hydrogen-bond acceptors (Lipinski definition) is 3. The second kappa shape index (κ2) is 4.85. The molecule has 1 aromatic carbocycles. The number of anilines is 1. The monoisotopic (exact) mass is 309 g/mol. The molecule has 0 unspecified atom stereocenters. The van der Waals surface area contributed by atoms with Gasteiger partial charge in [-0.2, -0.15) is 0 Å². The molecule has 0 fully saturated rings. The van der Waals surface area contributed by atoms with E-state index in [1.165, 1.54) is 0 Å². The number of pyridine rings is 1. The maximum atomic E-state index is 7.57. The number of nitrogens with one attached hydrogen (secondary N) is 1. The highest BCUT2D eigenvalue weighted by Gasteiger charge is 2.09. The molecule has 0 radical (unpaired) electrons. The SMILES string of the molecule is N=C(Br)c1cc(-c2ncccc2Cl)ccc1N. The Balaban J connectivity index is 2.58. The lowest BCUT2D eigenvalue weighted by atomic mass is 10.1. The van der Waals surface area contributed by atoms with E-state index in [9.17, 15) is 0 Å². The van der Waals surface area contributed by atoms with Gasteiger partial charge in [-0.05, 0) is 40.2 Å². The van der Waals surface area contributed by atoms with E-state index < -0.39 is 0 Å². The Bertz CT molecular complexity index is 584. The van der Waals surface area contributed by atoms with Gasteiger partial charge in [-0.1, -0.05) is 17.7 Å². The van der Waals surface area contributed by atoms with Crippen LogP contribution in [0.1, 0.15) is 5.56 Å². The van der Waals surface area contributed by atoms with Gasteiger partial charge in [0.25, 0.3) is 0 Å². The zero-order valence-corrected chi connectivity index (χ0v) is 11.1. The third-order valence-electron chi connectivity index (χ3n) is 2.32. The Morgan fingerprint density at radius 3 is 2.76 bits per heavy atom. The molecule has 0 spiro atoms. The number of rotatable bonds is 2. The van der Waals surface area contributed by atoms with Gasteiger partial charge >= 0.3 is 0 Å². The van der Waals surface area contributed by atoms with Gasteiger partial charge in [0.1, 0.15) is 4.62 Å². The first-order chi connectivity index (χ1) is 8.09. The molecule has 17 heavy (non-hydrogen) atoms. The summed E-state index contributed by atoms with van der Waals surface area (Å²) in [7, 11) is 0. The molecule has 1 aromatic heterocycles. The van der Waals surface area contributed by atoms with Gasteiger partial charge in [-0.15, -0.1) is 0 Å². The molecule has 3 N–H and O–H groups in total. The van der Waals surface area contributed by atoms with E-state index in [0.717, 1.165) is 5.56 Å². The average Bonchev–Trinajstić information content (AvgIpc) is 2.30. The van der Waals surface area contributed by atoms with Crippen LogP contribution < -0.4 is 5.73 Å². The summed E-state index contributed by atoms with van der Waals surface area (Å²) in [6.45, 7) is 0. The second-order valence-corrected chi connectivity index (χ2v) is 4.65. The zero-order valence-electron chi connectivity index (χ0n) is 8.74. The summed E-state index contributed by atoms with van der Waals surface area (Å²) in [6, 6.07) is 8.92. The van der Waals surface area contributed by atoms with Crippen LogP contribution in [0, 0.1) is 5.41 Å². The van der Waals surface area contributed by atoms with Crippen LogP contribution in [0.3, 0.4) is 0 Å². The van der Waals surface area contributed by atoms with Crippen molar-refractivity contribution >= 4 is 37.8 Å². The minimum Gasteiger partial charge on any atom is -0.398 e. The summed E-state index contributed by atoms with van der Waals surface area (Å²) in [6.07, 6.45) is 1.68. The van der Waals surface area contributed by atoms with Crippen LogP contribution in [-0.2, 0) is 0 Å². The summed E-state index contributed by atoms with van der Waals surface area (Å²) in [5.74, 6) is 0. The van der Waals surface area contributed by atoms with Crippen LogP contribution in [-0.4, -0.2) is 9.60 Å². The predicted molar refractivity (Wildman–Crippen MR) is 74.9 cm³/mol. The fraction of sp³-hybridized carbons (Fsp3) is 0. The van der Waals surface area contributed by atoms with Crippen molar-refractivity contribution in [1.82, 2.24) is 4.98 Å². The second-order valence-electron chi connectivity index (χ2n) is 3.45. The minimum atomic E-state index is 0.240. The van der Waals surface area contributed by atoms with Crippen LogP contribution in [0.5, 0.6) is 0 Å². The van der Waals surface area contributed by atoms with Gasteiger partial charge in [-0.3, -0.25) is 10.4 Å². The lowest BCUT2D eigenvalue weighted by Crippen LogP contribution is -1.98. The molecule has 0 saturated heterocycles. The number of halogens is 2. The van der Waals surface area contributed by atoms with Crippen molar-refractivity contribution in [1.29, 1.82) is 5.41 Å². The van der Waals surface area contributed by atoms with Crippen molar-refractivity contribution in [3.8, 4) is 11.3 Å². The van der Waals surface area contributed by atoms with E-state index >= 15 is 0 Å². The van der Waals surface area contributed by atoms with Gasteiger partial charge in [0, 0.05) is 23.0 Å². The maximum Gasteiger partial charge on any atom is 0.106 e. The van der Waals surface area contributed by atoms with Gasteiger partial charge in [0.05, 0.1) is 10.7 Å². The summed E-state index contributed by atoms with van der Waals surface area (Å²) in [5, 5.41) is 8.15. The number of hydrogen-bond donors (Lipinski definition) is 2. The van der Waals surface area contributed by atoms with E-state index in [1.54, 1.807) is 30.5 Å². The molecule has 0 amide bonds. The Morgan fingerprint density at radius 1 is 1.35 bits per heavy atom. The molecule has 1 heterocycles. The predicted octanol–water partition coefficient (Wildman–Crippen LogP) is 3.70. The normalized spacial score (nSPS) is 10.2. The van der Waals surface area contributed by atoms with Crippen molar-refractivity contribution in [2.45, 2.75) is 0 Å². The Labute approximate surface area is 112 Å². The largest absolute Gasteiger partial charge is 0.398 e. The van der Waals surface area contributed by atoms with Gasteiger partial charge in [0.15, 0.2) is 0 Å². The van der Waals surface area contributed by atoms with Crippen molar-refractivity contribution < 1.29 is 0 Å². The number of nitrogens with two attached hydrogens (primary N) is 1. The van der Waals surface area contributed by atoms with E-state index in [2.05, 4.69) is 20.9 Å². The molecule has 0 aliphatic heterocycles. The summed E-state index contributed by atoms with van der Waals surface area (Å²) < 4.78 is 0.240. The van der Waals surface area contributed by atoms with Crippen molar-refractivity contribution in [2.24, 2.45) is 0 Å². The Morgan fingerprint density at radius 2 is 2.12 bits per heavy atom. The minimum absolute atomic E-state index is 0.240. The lowest BCUT2D eigenvalue weighted by molar-refractivity contribution is 1.32. The average molecular weight is 311 g/mol. The van der Waals surface area contributed by atoms with Crippen LogP contribution in [0.2, 0.25) is 5.02 Å². The number of aromatic nitrogens is 1. The van der Waals surface area contributed by atoms with Crippen molar-refractivity contribution in [3.05, 3.63) is 47.1 Å². The fourth-order valence-corrected chi connectivity index (χ4v) is 2.07. The smallest absolute Gasteiger partial charge is 0.106 e. The molecule has 0 atom stereocenters. The van der Waals surface area contributed by atoms with Crippen molar-refractivity contribution in [2.75, 3.05) is 5.73 Å². The van der Waals surface area contributed by atoms with Crippen LogP contribution >= 0.6 is 27.5 Å². The highest BCUT2D eigenvalue weighted by molar-refractivity contribution is 9.18. The summed E-state index contributed by atoms with van der Waals surface area (Å²) >= 11 is 9.18. The standard InChI is InChI=1S/C12H9BrClN3/c13-12(16)8-6-7(3-4-10(8)15)11-9(14)2-1-5-17-11/h1-6,16H,15H2.